The number of amides is 2. The summed E-state index contributed by atoms with van der Waals surface area (Å²) in [5.74, 6) is 0.584. The molecule has 3 saturated heterocycles. The fraction of sp³-hybridized carbons (Fsp3) is 0.857. The number of likely N-dealkylation sites (tertiary alicyclic amines) is 1. The largest absolute Gasteiger partial charge is 0.311 e. The van der Waals surface area contributed by atoms with Crippen LogP contribution in [0.4, 0.5) is 0 Å². The Bertz CT molecular complexity index is 375. The lowest BCUT2D eigenvalue weighted by molar-refractivity contribution is -0.156. The van der Waals surface area contributed by atoms with Gasteiger partial charge < -0.3 is 5.32 Å². The van der Waals surface area contributed by atoms with Crippen molar-refractivity contribution in [2.75, 3.05) is 0 Å². The van der Waals surface area contributed by atoms with Crippen LogP contribution in [0.2, 0.25) is 0 Å². The first-order chi connectivity index (χ1) is 8.72. The van der Waals surface area contributed by atoms with E-state index in [9.17, 15) is 9.59 Å². The quantitative estimate of drug-likeness (QED) is 0.706. The predicted octanol–water partition coefficient (Wildman–Crippen LogP) is 1.05. The number of carbonyl (C=O) groups excluding carboxylic acids is 2. The Kier molecular flexibility index (Phi) is 2.31. The molecule has 98 valence electrons. The van der Waals surface area contributed by atoms with Gasteiger partial charge in [-0.15, -0.1) is 0 Å². The molecule has 3 heterocycles. The molecule has 4 heteroatoms. The summed E-state index contributed by atoms with van der Waals surface area (Å²) in [6.07, 6.45) is 7.08. The average molecular weight is 248 g/mol. The van der Waals surface area contributed by atoms with E-state index in [-0.39, 0.29) is 29.7 Å². The summed E-state index contributed by atoms with van der Waals surface area (Å²) in [5, 5.41) is 3.58. The summed E-state index contributed by atoms with van der Waals surface area (Å²) in [5.41, 5.74) is 0. The molecule has 2 amide bonds. The molecule has 0 radical (unpaired) electrons. The molecule has 4 bridgehead atoms. The number of nitrogens with one attached hydrogen (secondary N) is 1. The number of imide groups is 1. The molecular weight excluding hydrogens is 228 g/mol. The van der Waals surface area contributed by atoms with E-state index >= 15 is 0 Å². The minimum atomic E-state index is 0.139. The maximum absolute atomic E-state index is 12.4. The molecule has 18 heavy (non-hydrogen) atoms. The Balaban J connectivity index is 1.60. The Labute approximate surface area is 107 Å². The zero-order valence-corrected chi connectivity index (χ0v) is 10.6. The maximum atomic E-state index is 12.4. The van der Waals surface area contributed by atoms with Gasteiger partial charge in [-0.1, -0.05) is 0 Å². The molecule has 0 aromatic rings. The van der Waals surface area contributed by atoms with Gasteiger partial charge in [0.1, 0.15) is 0 Å². The summed E-state index contributed by atoms with van der Waals surface area (Å²) < 4.78 is 0. The van der Waals surface area contributed by atoms with Gasteiger partial charge in [-0.2, -0.15) is 0 Å². The third kappa shape index (κ3) is 1.48. The van der Waals surface area contributed by atoms with Crippen LogP contribution < -0.4 is 5.32 Å². The molecule has 1 saturated carbocycles. The van der Waals surface area contributed by atoms with E-state index < -0.39 is 0 Å². The van der Waals surface area contributed by atoms with Crippen molar-refractivity contribution in [1.82, 2.24) is 10.2 Å². The van der Waals surface area contributed by atoms with Crippen LogP contribution in [0.15, 0.2) is 0 Å². The first kappa shape index (κ1) is 11.0. The third-order valence-corrected chi connectivity index (χ3v) is 5.42. The molecule has 4 atom stereocenters. The van der Waals surface area contributed by atoms with Crippen molar-refractivity contribution >= 4 is 11.8 Å². The lowest BCUT2D eigenvalue weighted by Gasteiger charge is -2.40. The van der Waals surface area contributed by atoms with Crippen molar-refractivity contribution in [3.8, 4) is 0 Å². The van der Waals surface area contributed by atoms with Gasteiger partial charge in [0.15, 0.2) is 0 Å². The SMILES string of the molecule is O=C1C2CCC(C2)C(=O)N1C1CC2CCC(C1)N2. The van der Waals surface area contributed by atoms with Crippen LogP contribution in [0.25, 0.3) is 0 Å². The first-order valence-electron chi connectivity index (χ1n) is 7.35. The molecule has 1 aliphatic carbocycles. The number of carbonyl (C=O) groups is 2. The van der Waals surface area contributed by atoms with Crippen LogP contribution in [0, 0.1) is 11.8 Å². The number of fused-ring (bicyclic) bond motifs is 4. The molecule has 4 fully saturated rings. The van der Waals surface area contributed by atoms with Crippen molar-refractivity contribution in [3.63, 3.8) is 0 Å². The van der Waals surface area contributed by atoms with Gasteiger partial charge in [-0.05, 0) is 44.9 Å². The van der Waals surface area contributed by atoms with Crippen molar-refractivity contribution < 1.29 is 9.59 Å². The Morgan fingerprint density at radius 3 is 1.94 bits per heavy atom. The molecule has 0 spiro atoms. The van der Waals surface area contributed by atoms with E-state index in [0.29, 0.717) is 12.1 Å². The maximum Gasteiger partial charge on any atom is 0.232 e. The number of hydrogen-bond acceptors (Lipinski definition) is 3. The number of rotatable bonds is 1. The molecule has 4 aliphatic rings. The topological polar surface area (TPSA) is 49.4 Å². The first-order valence-corrected chi connectivity index (χ1v) is 7.35. The number of nitrogens with zero attached hydrogens (tertiary/aromatic N) is 1. The second-order valence-corrected chi connectivity index (χ2v) is 6.52. The smallest absolute Gasteiger partial charge is 0.232 e. The Morgan fingerprint density at radius 2 is 1.39 bits per heavy atom. The summed E-state index contributed by atoms with van der Waals surface area (Å²) in [4.78, 5) is 26.5. The van der Waals surface area contributed by atoms with Gasteiger partial charge in [-0.3, -0.25) is 14.5 Å². The summed E-state index contributed by atoms with van der Waals surface area (Å²) >= 11 is 0. The van der Waals surface area contributed by atoms with E-state index in [1.54, 1.807) is 4.90 Å². The highest BCUT2D eigenvalue weighted by atomic mass is 16.2. The van der Waals surface area contributed by atoms with Crippen molar-refractivity contribution in [2.45, 2.75) is 63.1 Å². The second kappa shape index (κ2) is 3.80. The van der Waals surface area contributed by atoms with Crippen LogP contribution >= 0.6 is 0 Å². The lowest BCUT2D eigenvalue weighted by atomic mass is 9.91. The summed E-state index contributed by atoms with van der Waals surface area (Å²) in [6.45, 7) is 0. The lowest BCUT2D eigenvalue weighted by Crippen LogP contribution is -2.56. The highest BCUT2D eigenvalue weighted by molar-refractivity contribution is 6.01. The summed E-state index contributed by atoms with van der Waals surface area (Å²) in [6, 6.07) is 1.26. The minimum absolute atomic E-state index is 0.139. The van der Waals surface area contributed by atoms with E-state index in [1.807, 2.05) is 0 Å². The zero-order valence-electron chi connectivity index (χ0n) is 10.6. The molecule has 0 aromatic heterocycles. The molecule has 3 aliphatic heterocycles. The Hall–Kier alpha value is -0.900. The Morgan fingerprint density at radius 1 is 0.833 bits per heavy atom. The van der Waals surface area contributed by atoms with Gasteiger partial charge in [0.2, 0.25) is 11.8 Å². The van der Waals surface area contributed by atoms with Crippen LogP contribution in [0.3, 0.4) is 0 Å². The van der Waals surface area contributed by atoms with E-state index in [1.165, 1.54) is 12.8 Å². The molecule has 4 rings (SSSR count). The van der Waals surface area contributed by atoms with Crippen molar-refractivity contribution in [3.05, 3.63) is 0 Å². The van der Waals surface area contributed by atoms with E-state index in [2.05, 4.69) is 5.32 Å². The minimum Gasteiger partial charge on any atom is -0.311 e. The van der Waals surface area contributed by atoms with E-state index in [0.717, 1.165) is 32.1 Å². The fourth-order valence-corrected chi connectivity index (χ4v) is 4.53. The number of hydrogen-bond donors (Lipinski definition) is 1. The normalized spacial score (nSPS) is 46.9. The van der Waals surface area contributed by atoms with Crippen LogP contribution in [0.1, 0.15) is 44.9 Å². The second-order valence-electron chi connectivity index (χ2n) is 6.52. The fourth-order valence-electron chi connectivity index (χ4n) is 4.53. The monoisotopic (exact) mass is 248 g/mol. The molecule has 0 aromatic carbocycles. The zero-order chi connectivity index (χ0) is 12.3. The van der Waals surface area contributed by atoms with Crippen molar-refractivity contribution in [2.24, 2.45) is 11.8 Å². The van der Waals surface area contributed by atoms with Crippen molar-refractivity contribution in [1.29, 1.82) is 0 Å². The van der Waals surface area contributed by atoms with Gasteiger partial charge >= 0.3 is 0 Å². The van der Waals surface area contributed by atoms with Gasteiger partial charge in [0, 0.05) is 30.0 Å². The predicted molar refractivity (Wildman–Crippen MR) is 65.7 cm³/mol. The van der Waals surface area contributed by atoms with Crippen LogP contribution in [0.5, 0.6) is 0 Å². The third-order valence-electron chi connectivity index (χ3n) is 5.42. The van der Waals surface area contributed by atoms with Gasteiger partial charge in [0.05, 0.1) is 0 Å². The van der Waals surface area contributed by atoms with Gasteiger partial charge in [-0.25, -0.2) is 0 Å². The molecule has 4 unspecified atom stereocenters. The highest BCUT2D eigenvalue weighted by Gasteiger charge is 2.49. The highest BCUT2D eigenvalue weighted by Crippen LogP contribution is 2.41. The standard InChI is InChI=1S/C14H20N2O2/c17-13-8-1-2-9(5-8)14(18)16(13)12-6-10-3-4-11(7-12)15-10/h8-12,15H,1-7H2. The van der Waals surface area contributed by atoms with Gasteiger partial charge in [0.25, 0.3) is 0 Å². The summed E-state index contributed by atoms with van der Waals surface area (Å²) in [7, 11) is 0. The van der Waals surface area contributed by atoms with E-state index in [4.69, 9.17) is 0 Å². The molecule has 4 nitrogen and oxygen atoms in total. The van der Waals surface area contributed by atoms with Crippen LogP contribution in [-0.4, -0.2) is 34.8 Å². The molecular formula is C14H20N2O2. The number of piperidine rings is 2. The average Bonchev–Trinajstić information content (AvgIpc) is 2.93. The van der Waals surface area contributed by atoms with Crippen LogP contribution in [-0.2, 0) is 9.59 Å². The molecule has 1 N–H and O–H groups in total.